The van der Waals surface area contributed by atoms with Crippen molar-refractivity contribution in [1.82, 2.24) is 4.98 Å². The van der Waals surface area contributed by atoms with Gasteiger partial charge in [0.1, 0.15) is 0 Å². The second-order valence-electron chi connectivity index (χ2n) is 4.47. The lowest BCUT2D eigenvalue weighted by Gasteiger charge is -2.23. The molecule has 1 unspecified atom stereocenters. The van der Waals surface area contributed by atoms with Crippen molar-refractivity contribution in [3.05, 3.63) is 52.0 Å². The lowest BCUT2D eigenvalue weighted by Crippen LogP contribution is -2.23. The molecular weight excluding hydrogens is 230 g/mol. The summed E-state index contributed by atoms with van der Waals surface area (Å²) in [7, 11) is 0. The number of aryl methyl sites for hydroxylation is 1. The molecule has 0 aliphatic carbocycles. The molecular formula is C14H17NOS. The zero-order chi connectivity index (χ0) is 12.3. The van der Waals surface area contributed by atoms with Gasteiger partial charge in [-0.2, -0.15) is 0 Å². The standard InChI is InChI=1S/C14H17NOS/c1-3-11-4-6-12(7-5-11)14(2,16)8-13-9-15-10-17-13/h4-7,9-10,16H,3,8H2,1-2H3. The first-order valence-corrected chi connectivity index (χ1v) is 6.69. The minimum atomic E-state index is -0.821. The van der Waals surface area contributed by atoms with Crippen LogP contribution < -0.4 is 0 Å². The zero-order valence-corrected chi connectivity index (χ0v) is 11.0. The summed E-state index contributed by atoms with van der Waals surface area (Å²) in [6, 6.07) is 8.19. The first-order chi connectivity index (χ1) is 8.12. The van der Waals surface area contributed by atoms with Crippen LogP contribution in [-0.2, 0) is 18.4 Å². The highest BCUT2D eigenvalue weighted by molar-refractivity contribution is 7.09. The van der Waals surface area contributed by atoms with Gasteiger partial charge in [0.25, 0.3) is 0 Å². The normalized spacial score (nSPS) is 14.5. The number of nitrogens with zero attached hydrogens (tertiary/aromatic N) is 1. The van der Waals surface area contributed by atoms with Gasteiger partial charge in [0, 0.05) is 17.5 Å². The second-order valence-corrected chi connectivity index (χ2v) is 5.44. The van der Waals surface area contributed by atoms with Gasteiger partial charge in [0.2, 0.25) is 0 Å². The van der Waals surface area contributed by atoms with E-state index < -0.39 is 5.60 Å². The van der Waals surface area contributed by atoms with E-state index in [0.717, 1.165) is 16.9 Å². The third-order valence-electron chi connectivity index (χ3n) is 2.99. The van der Waals surface area contributed by atoms with Gasteiger partial charge >= 0.3 is 0 Å². The van der Waals surface area contributed by atoms with Crippen LogP contribution in [0.15, 0.2) is 36.0 Å². The Morgan fingerprint density at radius 2 is 2.00 bits per heavy atom. The minimum absolute atomic E-state index is 0.614. The quantitative estimate of drug-likeness (QED) is 0.900. The van der Waals surface area contributed by atoms with E-state index in [2.05, 4.69) is 24.0 Å². The second kappa shape index (κ2) is 4.98. The summed E-state index contributed by atoms with van der Waals surface area (Å²) < 4.78 is 0. The number of hydrogen-bond acceptors (Lipinski definition) is 3. The molecule has 2 nitrogen and oxygen atoms in total. The van der Waals surface area contributed by atoms with Gasteiger partial charge in [-0.3, -0.25) is 4.98 Å². The average Bonchev–Trinajstić information content (AvgIpc) is 2.81. The van der Waals surface area contributed by atoms with Crippen LogP contribution in [0.25, 0.3) is 0 Å². The first-order valence-electron chi connectivity index (χ1n) is 5.81. The Kier molecular flexibility index (Phi) is 3.60. The number of rotatable bonds is 4. The number of aliphatic hydroxyl groups is 1. The van der Waals surface area contributed by atoms with Crippen LogP contribution in [0.5, 0.6) is 0 Å². The number of hydrogen-bond donors (Lipinski definition) is 1. The molecule has 90 valence electrons. The van der Waals surface area contributed by atoms with E-state index in [-0.39, 0.29) is 0 Å². The minimum Gasteiger partial charge on any atom is -0.385 e. The number of thiazole rings is 1. The first kappa shape index (κ1) is 12.3. The molecule has 0 saturated carbocycles. The molecule has 2 rings (SSSR count). The Morgan fingerprint density at radius 1 is 1.29 bits per heavy atom. The van der Waals surface area contributed by atoms with Crippen molar-refractivity contribution in [2.75, 3.05) is 0 Å². The lowest BCUT2D eigenvalue weighted by molar-refractivity contribution is 0.0584. The molecule has 0 saturated heterocycles. The molecule has 1 aromatic carbocycles. The van der Waals surface area contributed by atoms with Crippen molar-refractivity contribution in [3.8, 4) is 0 Å². The van der Waals surface area contributed by atoms with Gasteiger partial charge in [-0.1, -0.05) is 31.2 Å². The average molecular weight is 247 g/mol. The highest BCUT2D eigenvalue weighted by Gasteiger charge is 2.24. The van der Waals surface area contributed by atoms with Crippen LogP contribution in [0.1, 0.15) is 29.9 Å². The fourth-order valence-electron chi connectivity index (χ4n) is 1.87. The predicted octanol–water partition coefficient (Wildman–Crippen LogP) is 3.16. The van der Waals surface area contributed by atoms with Crippen LogP contribution in [0.4, 0.5) is 0 Å². The molecule has 0 bridgehead atoms. The summed E-state index contributed by atoms with van der Waals surface area (Å²) in [6.45, 7) is 3.98. The largest absolute Gasteiger partial charge is 0.385 e. The van der Waals surface area contributed by atoms with Crippen LogP contribution in [0.2, 0.25) is 0 Å². The van der Waals surface area contributed by atoms with Crippen LogP contribution in [0.3, 0.4) is 0 Å². The molecule has 0 radical (unpaired) electrons. The molecule has 1 atom stereocenters. The summed E-state index contributed by atoms with van der Waals surface area (Å²) in [6.07, 6.45) is 3.46. The Balaban J connectivity index is 2.18. The predicted molar refractivity (Wildman–Crippen MR) is 71.2 cm³/mol. The van der Waals surface area contributed by atoms with E-state index in [0.29, 0.717) is 6.42 Å². The fraction of sp³-hybridized carbons (Fsp3) is 0.357. The third kappa shape index (κ3) is 2.93. The zero-order valence-electron chi connectivity index (χ0n) is 10.2. The highest BCUT2D eigenvalue weighted by Crippen LogP contribution is 2.26. The maximum atomic E-state index is 10.5. The molecule has 2 aromatic rings. The van der Waals surface area contributed by atoms with Crippen LogP contribution in [-0.4, -0.2) is 10.1 Å². The summed E-state index contributed by atoms with van der Waals surface area (Å²) >= 11 is 1.58. The molecule has 1 heterocycles. The van der Waals surface area contributed by atoms with Crippen molar-refractivity contribution in [3.63, 3.8) is 0 Å². The summed E-state index contributed by atoms with van der Waals surface area (Å²) in [5, 5.41) is 10.5. The van der Waals surface area contributed by atoms with Crippen LogP contribution >= 0.6 is 11.3 Å². The lowest BCUT2D eigenvalue weighted by atomic mass is 9.91. The maximum absolute atomic E-state index is 10.5. The SMILES string of the molecule is CCc1ccc(C(C)(O)Cc2cncs2)cc1. The maximum Gasteiger partial charge on any atom is 0.0917 e. The topological polar surface area (TPSA) is 33.1 Å². The van der Waals surface area contributed by atoms with E-state index in [4.69, 9.17) is 0 Å². The number of benzene rings is 1. The van der Waals surface area contributed by atoms with Crippen molar-refractivity contribution in [1.29, 1.82) is 0 Å². The molecule has 0 aliphatic rings. The van der Waals surface area contributed by atoms with Gasteiger partial charge < -0.3 is 5.11 Å². The Hall–Kier alpha value is -1.19. The van der Waals surface area contributed by atoms with E-state index in [1.165, 1.54) is 5.56 Å². The van der Waals surface area contributed by atoms with E-state index in [1.807, 2.05) is 25.3 Å². The highest BCUT2D eigenvalue weighted by atomic mass is 32.1. The third-order valence-corrected chi connectivity index (χ3v) is 3.77. The summed E-state index contributed by atoms with van der Waals surface area (Å²) in [4.78, 5) is 5.14. The monoisotopic (exact) mass is 247 g/mol. The summed E-state index contributed by atoms with van der Waals surface area (Å²) in [5.74, 6) is 0. The molecule has 1 N–H and O–H groups in total. The molecule has 0 fully saturated rings. The van der Waals surface area contributed by atoms with Crippen molar-refractivity contribution in [2.45, 2.75) is 32.3 Å². The fourth-order valence-corrected chi connectivity index (χ4v) is 2.61. The smallest absolute Gasteiger partial charge is 0.0917 e. The van der Waals surface area contributed by atoms with Crippen molar-refractivity contribution >= 4 is 11.3 Å². The molecule has 0 aliphatic heterocycles. The van der Waals surface area contributed by atoms with Crippen LogP contribution in [0, 0.1) is 0 Å². The van der Waals surface area contributed by atoms with E-state index in [1.54, 1.807) is 16.8 Å². The summed E-state index contributed by atoms with van der Waals surface area (Å²) in [5.41, 5.74) is 3.23. The Morgan fingerprint density at radius 3 is 2.53 bits per heavy atom. The molecule has 17 heavy (non-hydrogen) atoms. The van der Waals surface area contributed by atoms with E-state index in [9.17, 15) is 5.11 Å². The van der Waals surface area contributed by atoms with Gasteiger partial charge in [0.05, 0.1) is 11.1 Å². The van der Waals surface area contributed by atoms with Crippen molar-refractivity contribution < 1.29 is 5.11 Å². The van der Waals surface area contributed by atoms with Gasteiger partial charge in [-0.05, 0) is 24.5 Å². The van der Waals surface area contributed by atoms with Crippen molar-refractivity contribution in [2.24, 2.45) is 0 Å². The molecule has 3 heteroatoms. The Bertz CT molecular complexity index is 459. The Labute approximate surface area is 106 Å². The van der Waals surface area contributed by atoms with Gasteiger partial charge in [-0.15, -0.1) is 11.3 Å². The molecule has 0 spiro atoms. The van der Waals surface area contributed by atoms with Gasteiger partial charge in [0.15, 0.2) is 0 Å². The molecule has 0 amide bonds. The van der Waals surface area contributed by atoms with Gasteiger partial charge in [-0.25, -0.2) is 0 Å². The molecule has 1 aromatic heterocycles. The number of aromatic nitrogens is 1. The van der Waals surface area contributed by atoms with E-state index >= 15 is 0 Å².